The molecule has 1 N–H and O–H groups in total. The van der Waals surface area contributed by atoms with Gasteiger partial charge in [0.05, 0.1) is 21.4 Å². The molecule has 0 aromatic carbocycles. The molecule has 2 heterocycles. The van der Waals surface area contributed by atoms with E-state index >= 15 is 0 Å². The predicted octanol–water partition coefficient (Wildman–Crippen LogP) is 2.61. The van der Waals surface area contributed by atoms with Crippen molar-refractivity contribution in [1.29, 1.82) is 0 Å². The summed E-state index contributed by atoms with van der Waals surface area (Å²) in [4.78, 5) is 9.02. The van der Waals surface area contributed by atoms with Crippen LogP contribution in [0.3, 0.4) is 0 Å². The zero-order valence-corrected chi connectivity index (χ0v) is 11.1. The molecule has 0 fully saturated rings. The maximum absolute atomic E-state index is 4.57. The number of nitrogens with zero attached hydrogens (tertiary/aromatic N) is 2. The van der Waals surface area contributed by atoms with E-state index in [-0.39, 0.29) is 0 Å². The molecule has 5 heteroatoms. The first-order valence-corrected chi connectivity index (χ1v) is 7.09. The van der Waals surface area contributed by atoms with E-state index in [1.54, 1.807) is 22.7 Å². The lowest BCUT2D eigenvalue weighted by molar-refractivity contribution is 0.712. The van der Waals surface area contributed by atoms with Gasteiger partial charge in [-0.1, -0.05) is 6.92 Å². The van der Waals surface area contributed by atoms with Crippen molar-refractivity contribution in [2.75, 3.05) is 6.54 Å². The third-order valence-corrected chi connectivity index (χ3v) is 3.87. The summed E-state index contributed by atoms with van der Waals surface area (Å²) in [7, 11) is 0. The molecule has 0 unspecified atom stereocenters. The van der Waals surface area contributed by atoms with E-state index in [1.165, 1.54) is 0 Å². The molecule has 3 nitrogen and oxygen atoms in total. The Balaban J connectivity index is 1.97. The van der Waals surface area contributed by atoms with Gasteiger partial charge in [-0.25, -0.2) is 9.97 Å². The highest BCUT2D eigenvalue weighted by molar-refractivity contribution is 7.10. The molecular weight excluding hydrogens is 238 g/mol. The minimum Gasteiger partial charge on any atom is -0.311 e. The number of aromatic nitrogens is 2. The summed E-state index contributed by atoms with van der Waals surface area (Å²) in [5.74, 6) is 0. The Bertz CT molecular complexity index is 448. The van der Waals surface area contributed by atoms with Crippen molar-refractivity contribution < 1.29 is 0 Å². The van der Waals surface area contributed by atoms with Crippen molar-refractivity contribution in [2.45, 2.75) is 26.8 Å². The van der Waals surface area contributed by atoms with Gasteiger partial charge in [0.2, 0.25) is 0 Å². The lowest BCUT2D eigenvalue weighted by atomic mass is 10.3. The van der Waals surface area contributed by atoms with Crippen molar-refractivity contribution in [3.8, 4) is 0 Å². The molecule has 16 heavy (non-hydrogen) atoms. The summed E-state index contributed by atoms with van der Waals surface area (Å²) in [6.07, 6.45) is 0.862. The molecular formula is C11H15N3S2. The minimum absolute atomic E-state index is 0.862. The third-order valence-electron chi connectivity index (χ3n) is 2.15. The van der Waals surface area contributed by atoms with Gasteiger partial charge in [-0.3, -0.25) is 0 Å². The number of nitrogens with one attached hydrogen (secondary N) is 1. The Labute approximate surface area is 104 Å². The molecule has 0 spiro atoms. The van der Waals surface area contributed by atoms with Crippen LogP contribution < -0.4 is 5.32 Å². The first-order valence-electron chi connectivity index (χ1n) is 5.33. The molecule has 0 aliphatic carbocycles. The van der Waals surface area contributed by atoms with Gasteiger partial charge in [-0.2, -0.15) is 0 Å². The number of thiazole rings is 2. The van der Waals surface area contributed by atoms with Crippen molar-refractivity contribution in [2.24, 2.45) is 0 Å². The highest BCUT2D eigenvalue weighted by Crippen LogP contribution is 2.16. The summed E-state index contributed by atoms with van der Waals surface area (Å²) >= 11 is 3.42. The number of rotatable bonds is 5. The molecule has 2 rings (SSSR count). The van der Waals surface area contributed by atoms with E-state index < -0.39 is 0 Å². The zero-order valence-electron chi connectivity index (χ0n) is 9.49. The van der Waals surface area contributed by atoms with Crippen LogP contribution >= 0.6 is 22.7 Å². The first kappa shape index (κ1) is 11.7. The fourth-order valence-corrected chi connectivity index (χ4v) is 2.83. The molecule has 0 saturated heterocycles. The standard InChI is InChI=1S/C11H15N3S2/c1-3-12-5-10-7-16-11(14-10)4-9-6-15-8(2)13-9/h6-7,12H,3-5H2,1-2H3. The van der Waals surface area contributed by atoms with Crippen LogP contribution in [-0.2, 0) is 13.0 Å². The molecule has 86 valence electrons. The molecule has 0 aliphatic heterocycles. The molecule has 2 aromatic rings. The fourth-order valence-electron chi connectivity index (χ4n) is 1.41. The smallest absolute Gasteiger partial charge is 0.0988 e. The topological polar surface area (TPSA) is 37.8 Å². The molecule has 0 aliphatic rings. The Morgan fingerprint density at radius 3 is 2.69 bits per heavy atom. The highest BCUT2D eigenvalue weighted by Gasteiger charge is 2.05. The van der Waals surface area contributed by atoms with Crippen molar-refractivity contribution in [1.82, 2.24) is 15.3 Å². The summed E-state index contributed by atoms with van der Waals surface area (Å²) < 4.78 is 0. The average molecular weight is 253 g/mol. The van der Waals surface area contributed by atoms with Crippen LogP contribution in [0.15, 0.2) is 10.8 Å². The second kappa shape index (κ2) is 5.52. The lowest BCUT2D eigenvalue weighted by Gasteiger charge is -1.95. The van der Waals surface area contributed by atoms with E-state index in [1.807, 2.05) is 6.92 Å². The highest BCUT2D eigenvalue weighted by atomic mass is 32.1. The summed E-state index contributed by atoms with van der Waals surface area (Å²) in [6, 6.07) is 0. The normalized spacial score (nSPS) is 10.9. The van der Waals surface area contributed by atoms with Crippen LogP contribution in [0.4, 0.5) is 0 Å². The fraction of sp³-hybridized carbons (Fsp3) is 0.455. The predicted molar refractivity (Wildman–Crippen MR) is 69.2 cm³/mol. The van der Waals surface area contributed by atoms with Crippen LogP contribution in [0.2, 0.25) is 0 Å². The first-order chi connectivity index (χ1) is 7.78. The van der Waals surface area contributed by atoms with Gasteiger partial charge in [0.25, 0.3) is 0 Å². The van der Waals surface area contributed by atoms with Crippen LogP contribution in [0.5, 0.6) is 0 Å². The second-order valence-electron chi connectivity index (χ2n) is 3.55. The Kier molecular flexibility index (Phi) is 4.04. The van der Waals surface area contributed by atoms with E-state index in [9.17, 15) is 0 Å². The monoisotopic (exact) mass is 253 g/mol. The maximum Gasteiger partial charge on any atom is 0.0988 e. The largest absolute Gasteiger partial charge is 0.311 e. The SMILES string of the molecule is CCNCc1csc(Cc2csc(C)n2)n1. The zero-order chi connectivity index (χ0) is 11.4. The molecule has 0 amide bonds. The summed E-state index contributed by atoms with van der Waals surface area (Å²) in [6.45, 7) is 5.99. The average Bonchev–Trinajstić information content (AvgIpc) is 2.86. The molecule has 0 atom stereocenters. The summed E-state index contributed by atoms with van der Waals surface area (Å²) in [5, 5.41) is 9.79. The Morgan fingerprint density at radius 2 is 2.00 bits per heavy atom. The van der Waals surface area contributed by atoms with Crippen LogP contribution in [0, 0.1) is 6.92 Å². The lowest BCUT2D eigenvalue weighted by Crippen LogP contribution is -2.11. The second-order valence-corrected chi connectivity index (χ2v) is 5.55. The van der Waals surface area contributed by atoms with Gasteiger partial charge < -0.3 is 5.32 Å². The molecule has 0 bridgehead atoms. The molecule has 0 radical (unpaired) electrons. The van der Waals surface area contributed by atoms with Gasteiger partial charge in [-0.05, 0) is 13.5 Å². The van der Waals surface area contributed by atoms with Crippen LogP contribution in [0.25, 0.3) is 0 Å². The van der Waals surface area contributed by atoms with Crippen molar-refractivity contribution in [3.63, 3.8) is 0 Å². The van der Waals surface area contributed by atoms with Crippen molar-refractivity contribution >= 4 is 22.7 Å². The van der Waals surface area contributed by atoms with Gasteiger partial charge in [-0.15, -0.1) is 22.7 Å². The van der Waals surface area contributed by atoms with Crippen LogP contribution in [0.1, 0.15) is 28.3 Å². The minimum atomic E-state index is 0.862. The van der Waals surface area contributed by atoms with E-state index in [0.29, 0.717) is 0 Å². The van der Waals surface area contributed by atoms with Gasteiger partial charge in [0.15, 0.2) is 0 Å². The Morgan fingerprint density at radius 1 is 1.19 bits per heavy atom. The van der Waals surface area contributed by atoms with E-state index in [0.717, 1.165) is 40.9 Å². The number of hydrogen-bond acceptors (Lipinski definition) is 5. The number of hydrogen-bond donors (Lipinski definition) is 1. The summed E-state index contributed by atoms with van der Waals surface area (Å²) in [5.41, 5.74) is 2.26. The quantitative estimate of drug-likeness (QED) is 0.890. The third kappa shape index (κ3) is 3.10. The van der Waals surface area contributed by atoms with Crippen LogP contribution in [-0.4, -0.2) is 16.5 Å². The maximum atomic E-state index is 4.57. The molecule has 2 aromatic heterocycles. The van der Waals surface area contributed by atoms with E-state index in [2.05, 4.69) is 33.0 Å². The van der Waals surface area contributed by atoms with Gasteiger partial charge in [0, 0.05) is 23.7 Å². The van der Waals surface area contributed by atoms with Gasteiger partial charge in [0.1, 0.15) is 0 Å². The van der Waals surface area contributed by atoms with E-state index in [4.69, 9.17) is 0 Å². The molecule has 0 saturated carbocycles. The van der Waals surface area contributed by atoms with Gasteiger partial charge >= 0.3 is 0 Å². The Hall–Kier alpha value is -0.780. The van der Waals surface area contributed by atoms with Crippen molar-refractivity contribution in [3.05, 3.63) is 32.2 Å². The number of aryl methyl sites for hydroxylation is 1.